The van der Waals surface area contributed by atoms with E-state index < -0.39 is 5.91 Å². The number of ether oxygens (including phenoxy) is 1. The summed E-state index contributed by atoms with van der Waals surface area (Å²) in [6.45, 7) is 2.42. The van der Waals surface area contributed by atoms with E-state index in [1.54, 1.807) is 53.9 Å². The number of thiazole rings is 1. The third-order valence-electron chi connectivity index (χ3n) is 4.29. The smallest absolute Gasteiger partial charge is 0.307 e. The van der Waals surface area contributed by atoms with E-state index in [0.29, 0.717) is 22.9 Å². The Morgan fingerprint density at radius 3 is 2.40 bits per heavy atom. The van der Waals surface area contributed by atoms with E-state index in [2.05, 4.69) is 10.9 Å². The number of nitrogens with one attached hydrogen (secondary N) is 2. The fourth-order valence-corrected chi connectivity index (χ4v) is 3.49. The summed E-state index contributed by atoms with van der Waals surface area (Å²) in [5, 5.41) is 2.38. The molecule has 0 aliphatic carbocycles. The molecule has 7 nitrogen and oxygen atoms in total. The molecule has 3 rings (SSSR count). The summed E-state index contributed by atoms with van der Waals surface area (Å²) < 4.78 is 7.19. The number of hydrogen-bond acceptors (Lipinski definition) is 5. The normalized spacial score (nSPS) is 10.5. The molecule has 1 aromatic heterocycles. The van der Waals surface area contributed by atoms with Gasteiger partial charge >= 0.3 is 4.87 Å². The molecular weight excluding hydrogens is 426 g/mol. The van der Waals surface area contributed by atoms with Crippen molar-refractivity contribution in [1.82, 2.24) is 15.4 Å². The molecule has 2 amide bonds. The fourth-order valence-electron chi connectivity index (χ4n) is 2.60. The Morgan fingerprint density at radius 2 is 1.77 bits per heavy atom. The van der Waals surface area contributed by atoms with Gasteiger partial charge in [-0.05, 0) is 48.9 Å². The number of rotatable bonds is 7. The maximum absolute atomic E-state index is 12.2. The fraction of sp³-hybridized carbons (Fsp3) is 0.190. The molecule has 30 heavy (non-hydrogen) atoms. The summed E-state index contributed by atoms with van der Waals surface area (Å²) in [6, 6.07) is 13.9. The number of aryl methyl sites for hydroxylation is 1. The second-order valence-corrected chi connectivity index (χ2v) is 7.74. The van der Waals surface area contributed by atoms with Crippen LogP contribution in [-0.4, -0.2) is 16.4 Å². The summed E-state index contributed by atoms with van der Waals surface area (Å²) in [4.78, 5) is 35.6. The van der Waals surface area contributed by atoms with Gasteiger partial charge in [0.05, 0.1) is 0 Å². The lowest BCUT2D eigenvalue weighted by molar-refractivity contribution is -0.122. The van der Waals surface area contributed by atoms with Crippen LogP contribution in [0.1, 0.15) is 28.0 Å². The average Bonchev–Trinajstić information content (AvgIpc) is 3.07. The molecule has 9 heteroatoms. The molecule has 0 saturated heterocycles. The van der Waals surface area contributed by atoms with Gasteiger partial charge in [-0.1, -0.05) is 35.1 Å². The highest BCUT2D eigenvalue weighted by atomic mass is 35.5. The van der Waals surface area contributed by atoms with Crippen LogP contribution in [0.5, 0.6) is 5.75 Å². The zero-order chi connectivity index (χ0) is 21.5. The largest absolute Gasteiger partial charge is 0.489 e. The number of benzene rings is 2. The van der Waals surface area contributed by atoms with Gasteiger partial charge in [0.25, 0.3) is 5.91 Å². The van der Waals surface area contributed by atoms with Crippen LogP contribution in [0.2, 0.25) is 5.02 Å². The van der Waals surface area contributed by atoms with Gasteiger partial charge in [0, 0.05) is 34.6 Å². The van der Waals surface area contributed by atoms with Crippen molar-refractivity contribution in [1.29, 1.82) is 0 Å². The first-order valence-corrected chi connectivity index (χ1v) is 10.4. The van der Waals surface area contributed by atoms with Gasteiger partial charge in [0.2, 0.25) is 5.91 Å². The van der Waals surface area contributed by atoms with Crippen LogP contribution in [-0.2, 0) is 17.9 Å². The van der Waals surface area contributed by atoms with Crippen LogP contribution in [0.3, 0.4) is 0 Å². The molecule has 2 N–H and O–H groups in total. The van der Waals surface area contributed by atoms with Crippen LogP contribution in [0.25, 0.3) is 0 Å². The van der Waals surface area contributed by atoms with Crippen LogP contribution in [0, 0.1) is 6.92 Å². The van der Waals surface area contributed by atoms with Gasteiger partial charge in [-0.2, -0.15) is 0 Å². The lowest BCUT2D eigenvalue weighted by Crippen LogP contribution is -2.42. The van der Waals surface area contributed by atoms with Crippen molar-refractivity contribution < 1.29 is 14.3 Å². The lowest BCUT2D eigenvalue weighted by atomic mass is 10.1. The molecule has 1 heterocycles. The number of hydrazine groups is 1. The second-order valence-electron chi connectivity index (χ2n) is 6.49. The molecule has 0 spiro atoms. The summed E-state index contributed by atoms with van der Waals surface area (Å²) in [7, 11) is 0. The number of carbonyl (C=O) groups excluding carboxylic acids is 2. The quantitative estimate of drug-likeness (QED) is 0.546. The molecule has 0 bridgehead atoms. The van der Waals surface area contributed by atoms with Crippen molar-refractivity contribution >= 4 is 34.8 Å². The van der Waals surface area contributed by atoms with E-state index >= 15 is 0 Å². The third-order valence-corrected chi connectivity index (χ3v) is 5.42. The molecule has 3 aromatic rings. The predicted molar refractivity (Wildman–Crippen MR) is 116 cm³/mol. The predicted octanol–water partition coefficient (Wildman–Crippen LogP) is 3.30. The number of halogens is 1. The Bertz CT molecular complexity index is 1070. The maximum Gasteiger partial charge on any atom is 0.307 e. The zero-order valence-electron chi connectivity index (χ0n) is 16.2. The summed E-state index contributed by atoms with van der Waals surface area (Å²) in [5.41, 5.74) is 6.83. The molecule has 2 aromatic carbocycles. The summed E-state index contributed by atoms with van der Waals surface area (Å²) in [5.74, 6) is -0.116. The maximum atomic E-state index is 12.2. The number of hydrogen-bond donors (Lipinski definition) is 2. The molecule has 0 saturated carbocycles. The molecule has 0 atom stereocenters. The Morgan fingerprint density at radius 1 is 1.07 bits per heavy atom. The highest BCUT2D eigenvalue weighted by molar-refractivity contribution is 7.07. The molecule has 0 unspecified atom stereocenters. The Balaban J connectivity index is 1.44. The first-order valence-electron chi connectivity index (χ1n) is 9.14. The first-order chi connectivity index (χ1) is 14.4. The highest BCUT2D eigenvalue weighted by Gasteiger charge is 2.09. The zero-order valence-corrected chi connectivity index (χ0v) is 17.8. The minimum atomic E-state index is -0.433. The van der Waals surface area contributed by atoms with E-state index in [9.17, 15) is 14.4 Å². The van der Waals surface area contributed by atoms with Crippen LogP contribution in [0.15, 0.2) is 58.7 Å². The molecule has 0 aliphatic rings. The standard InChI is InChI=1S/C21H20ClN3O4S/c1-14-13-30-21(28)25(14)11-10-19(26)23-24-20(27)16-4-2-15(3-5-16)12-29-18-8-6-17(22)7-9-18/h2-9,13H,10-12H2,1H3,(H,23,26)(H,24,27). The molecular formula is C21H20ClN3O4S. The molecule has 0 aliphatic heterocycles. The number of aromatic nitrogens is 1. The lowest BCUT2D eigenvalue weighted by Gasteiger charge is -2.09. The number of amides is 2. The van der Waals surface area contributed by atoms with Gasteiger partial charge in [0.1, 0.15) is 12.4 Å². The number of nitrogens with zero attached hydrogens (tertiary/aromatic N) is 1. The van der Waals surface area contributed by atoms with E-state index in [1.165, 1.54) is 4.57 Å². The minimum absolute atomic E-state index is 0.0821. The topological polar surface area (TPSA) is 89.4 Å². The second kappa shape index (κ2) is 10.1. The third kappa shape index (κ3) is 5.95. The van der Waals surface area contributed by atoms with Crippen molar-refractivity contribution in [3.05, 3.63) is 85.4 Å². The monoisotopic (exact) mass is 445 g/mol. The van der Waals surface area contributed by atoms with Gasteiger partial charge in [-0.3, -0.25) is 25.2 Å². The van der Waals surface area contributed by atoms with Gasteiger partial charge in [-0.15, -0.1) is 0 Å². The van der Waals surface area contributed by atoms with Gasteiger partial charge in [0.15, 0.2) is 0 Å². The van der Waals surface area contributed by atoms with Crippen LogP contribution in [0.4, 0.5) is 0 Å². The molecule has 0 fully saturated rings. The summed E-state index contributed by atoms with van der Waals surface area (Å²) in [6.07, 6.45) is 0.0821. The first kappa shape index (κ1) is 21.6. The van der Waals surface area contributed by atoms with Gasteiger partial charge in [-0.25, -0.2) is 0 Å². The van der Waals surface area contributed by atoms with Crippen molar-refractivity contribution in [3.63, 3.8) is 0 Å². The average molecular weight is 446 g/mol. The van der Waals surface area contributed by atoms with E-state index in [-0.39, 0.29) is 23.7 Å². The minimum Gasteiger partial charge on any atom is -0.489 e. The van der Waals surface area contributed by atoms with Crippen LogP contribution >= 0.6 is 22.9 Å². The van der Waals surface area contributed by atoms with Crippen LogP contribution < -0.4 is 20.5 Å². The SMILES string of the molecule is Cc1csc(=O)n1CCC(=O)NNC(=O)c1ccc(COc2ccc(Cl)cc2)cc1. The Hall–Kier alpha value is -3.10. The van der Waals surface area contributed by atoms with E-state index in [4.69, 9.17) is 16.3 Å². The van der Waals surface area contributed by atoms with Gasteiger partial charge < -0.3 is 9.30 Å². The van der Waals surface area contributed by atoms with E-state index in [0.717, 1.165) is 22.6 Å². The summed E-state index contributed by atoms with van der Waals surface area (Å²) >= 11 is 6.94. The molecule has 156 valence electrons. The van der Waals surface area contributed by atoms with Crippen molar-refractivity contribution in [3.8, 4) is 5.75 Å². The van der Waals surface area contributed by atoms with Crippen molar-refractivity contribution in [2.24, 2.45) is 0 Å². The van der Waals surface area contributed by atoms with Crippen molar-refractivity contribution in [2.75, 3.05) is 0 Å². The van der Waals surface area contributed by atoms with Crippen molar-refractivity contribution in [2.45, 2.75) is 26.5 Å². The van der Waals surface area contributed by atoms with E-state index in [1.807, 2.05) is 6.92 Å². The number of carbonyl (C=O) groups is 2. The molecule has 0 radical (unpaired) electrons. The Labute approximate surface area is 182 Å². The highest BCUT2D eigenvalue weighted by Crippen LogP contribution is 2.17. The Kier molecular flexibility index (Phi) is 7.26.